The third kappa shape index (κ3) is 3.39. The summed E-state index contributed by atoms with van der Waals surface area (Å²) in [5.74, 6) is 1.26. The van der Waals surface area contributed by atoms with Crippen molar-refractivity contribution >= 4 is 0 Å². The van der Waals surface area contributed by atoms with Crippen LogP contribution in [0.4, 0.5) is 0 Å². The number of aliphatic hydroxyl groups excluding tert-OH is 1. The molecule has 3 rings (SSSR count). The Morgan fingerprint density at radius 2 is 2.29 bits per heavy atom. The van der Waals surface area contributed by atoms with E-state index in [-0.39, 0.29) is 6.10 Å². The van der Waals surface area contributed by atoms with Gasteiger partial charge in [-0.15, -0.1) is 0 Å². The SMILES string of the molecule is COc1cccc(CN2CCOCC2C2CCCC2O)c1. The second kappa shape index (κ2) is 6.77. The highest BCUT2D eigenvalue weighted by Crippen LogP contribution is 2.33. The van der Waals surface area contributed by atoms with Crippen LogP contribution in [0.3, 0.4) is 0 Å². The smallest absolute Gasteiger partial charge is 0.119 e. The van der Waals surface area contributed by atoms with Gasteiger partial charge in [-0.2, -0.15) is 0 Å². The van der Waals surface area contributed by atoms with Gasteiger partial charge in [0.1, 0.15) is 5.75 Å². The predicted molar refractivity (Wildman–Crippen MR) is 81.4 cm³/mol. The van der Waals surface area contributed by atoms with Crippen molar-refractivity contribution in [3.8, 4) is 5.75 Å². The Morgan fingerprint density at radius 3 is 3.05 bits per heavy atom. The molecule has 0 amide bonds. The second-order valence-electron chi connectivity index (χ2n) is 6.13. The largest absolute Gasteiger partial charge is 0.497 e. The van der Waals surface area contributed by atoms with E-state index in [0.717, 1.165) is 51.3 Å². The summed E-state index contributed by atoms with van der Waals surface area (Å²) < 4.78 is 11.0. The van der Waals surface area contributed by atoms with E-state index in [1.807, 2.05) is 12.1 Å². The Morgan fingerprint density at radius 1 is 1.38 bits per heavy atom. The lowest BCUT2D eigenvalue weighted by atomic mass is 9.94. The molecule has 0 bridgehead atoms. The fourth-order valence-corrected chi connectivity index (χ4v) is 3.67. The van der Waals surface area contributed by atoms with Crippen molar-refractivity contribution in [2.45, 2.75) is 38.0 Å². The molecule has 1 saturated heterocycles. The zero-order valence-electron chi connectivity index (χ0n) is 12.7. The van der Waals surface area contributed by atoms with Gasteiger partial charge in [0, 0.05) is 25.0 Å². The number of methoxy groups -OCH3 is 1. The number of benzene rings is 1. The van der Waals surface area contributed by atoms with Crippen LogP contribution in [-0.4, -0.2) is 49.0 Å². The molecule has 4 heteroatoms. The molecule has 1 aromatic carbocycles. The predicted octanol–water partition coefficient (Wildman–Crippen LogP) is 2.06. The van der Waals surface area contributed by atoms with Crippen LogP contribution < -0.4 is 4.74 Å². The van der Waals surface area contributed by atoms with Crippen LogP contribution in [0.5, 0.6) is 5.75 Å². The molecule has 0 spiro atoms. The normalized spacial score (nSPS) is 30.5. The van der Waals surface area contributed by atoms with Crippen LogP contribution in [0.15, 0.2) is 24.3 Å². The lowest BCUT2D eigenvalue weighted by Crippen LogP contribution is -2.50. The molecule has 2 aliphatic rings. The highest BCUT2D eigenvalue weighted by molar-refractivity contribution is 5.28. The van der Waals surface area contributed by atoms with Crippen molar-refractivity contribution < 1.29 is 14.6 Å². The lowest BCUT2D eigenvalue weighted by Gasteiger charge is -2.40. The maximum atomic E-state index is 10.2. The zero-order chi connectivity index (χ0) is 14.7. The minimum absolute atomic E-state index is 0.162. The van der Waals surface area contributed by atoms with Crippen LogP contribution in [-0.2, 0) is 11.3 Å². The van der Waals surface area contributed by atoms with Crippen molar-refractivity contribution in [1.82, 2.24) is 4.90 Å². The van der Waals surface area contributed by atoms with Gasteiger partial charge in [0.05, 0.1) is 26.4 Å². The number of ether oxygens (including phenoxy) is 2. The third-order valence-electron chi connectivity index (χ3n) is 4.83. The first-order valence-corrected chi connectivity index (χ1v) is 7.90. The molecule has 3 atom stereocenters. The van der Waals surface area contributed by atoms with Gasteiger partial charge >= 0.3 is 0 Å². The van der Waals surface area contributed by atoms with E-state index >= 15 is 0 Å². The molecular weight excluding hydrogens is 266 g/mol. The highest BCUT2D eigenvalue weighted by atomic mass is 16.5. The highest BCUT2D eigenvalue weighted by Gasteiger charge is 2.37. The molecule has 1 saturated carbocycles. The van der Waals surface area contributed by atoms with E-state index in [2.05, 4.69) is 17.0 Å². The van der Waals surface area contributed by atoms with Crippen LogP contribution >= 0.6 is 0 Å². The summed E-state index contributed by atoms with van der Waals surface area (Å²) in [6.45, 7) is 3.36. The minimum atomic E-state index is -0.162. The molecule has 0 radical (unpaired) electrons. The van der Waals surface area contributed by atoms with Gasteiger partial charge in [-0.05, 0) is 30.5 Å². The Kier molecular flexibility index (Phi) is 4.78. The average Bonchev–Trinajstić information content (AvgIpc) is 2.94. The van der Waals surface area contributed by atoms with Gasteiger partial charge in [0.25, 0.3) is 0 Å². The molecule has 4 nitrogen and oxygen atoms in total. The standard InChI is InChI=1S/C17H25NO3/c1-20-14-5-2-4-13(10-14)11-18-8-9-21-12-16(18)15-6-3-7-17(15)19/h2,4-5,10,15-17,19H,3,6-9,11-12H2,1H3. The van der Waals surface area contributed by atoms with Crippen LogP contribution in [0.25, 0.3) is 0 Å². The second-order valence-corrected chi connectivity index (χ2v) is 6.13. The first-order valence-electron chi connectivity index (χ1n) is 7.90. The van der Waals surface area contributed by atoms with Gasteiger partial charge in [-0.1, -0.05) is 18.6 Å². The molecule has 2 fully saturated rings. The first-order chi connectivity index (χ1) is 10.3. The maximum Gasteiger partial charge on any atom is 0.119 e. The maximum absolute atomic E-state index is 10.2. The molecule has 0 aromatic heterocycles. The fraction of sp³-hybridized carbons (Fsp3) is 0.647. The van der Waals surface area contributed by atoms with E-state index < -0.39 is 0 Å². The summed E-state index contributed by atoms with van der Waals surface area (Å²) in [4.78, 5) is 2.47. The van der Waals surface area contributed by atoms with Crippen molar-refractivity contribution in [1.29, 1.82) is 0 Å². The Bertz CT molecular complexity index is 465. The minimum Gasteiger partial charge on any atom is -0.497 e. The van der Waals surface area contributed by atoms with Crippen LogP contribution in [0.1, 0.15) is 24.8 Å². The van der Waals surface area contributed by atoms with Gasteiger partial charge in [-0.3, -0.25) is 4.90 Å². The summed E-state index contributed by atoms with van der Waals surface area (Å²) in [6.07, 6.45) is 3.03. The first kappa shape index (κ1) is 14.8. The van der Waals surface area contributed by atoms with Crippen LogP contribution in [0.2, 0.25) is 0 Å². The van der Waals surface area contributed by atoms with Crippen molar-refractivity contribution in [2.75, 3.05) is 26.9 Å². The summed E-state index contributed by atoms with van der Waals surface area (Å²) in [7, 11) is 1.70. The van der Waals surface area contributed by atoms with Crippen molar-refractivity contribution in [3.05, 3.63) is 29.8 Å². The molecule has 21 heavy (non-hydrogen) atoms. The van der Waals surface area contributed by atoms with E-state index in [9.17, 15) is 5.11 Å². The molecule has 1 aromatic rings. The lowest BCUT2D eigenvalue weighted by molar-refractivity contribution is -0.0536. The fourth-order valence-electron chi connectivity index (χ4n) is 3.67. The zero-order valence-corrected chi connectivity index (χ0v) is 12.7. The number of hydrogen-bond acceptors (Lipinski definition) is 4. The Balaban J connectivity index is 1.71. The average molecular weight is 291 g/mol. The number of nitrogens with zero attached hydrogens (tertiary/aromatic N) is 1. The quantitative estimate of drug-likeness (QED) is 0.922. The van der Waals surface area contributed by atoms with Gasteiger partial charge < -0.3 is 14.6 Å². The Hall–Kier alpha value is -1.10. The van der Waals surface area contributed by atoms with E-state index in [1.54, 1.807) is 7.11 Å². The van der Waals surface area contributed by atoms with Gasteiger partial charge in [0.15, 0.2) is 0 Å². The van der Waals surface area contributed by atoms with Crippen LogP contribution in [0, 0.1) is 5.92 Å². The molecule has 1 heterocycles. The third-order valence-corrected chi connectivity index (χ3v) is 4.83. The summed E-state index contributed by atoms with van der Waals surface area (Å²) >= 11 is 0. The van der Waals surface area contributed by atoms with E-state index in [0.29, 0.717) is 12.0 Å². The van der Waals surface area contributed by atoms with E-state index in [1.165, 1.54) is 5.56 Å². The molecular formula is C17H25NO3. The summed E-state index contributed by atoms with van der Waals surface area (Å²) in [5.41, 5.74) is 1.26. The molecule has 1 aliphatic carbocycles. The molecule has 116 valence electrons. The number of morpholine rings is 1. The monoisotopic (exact) mass is 291 g/mol. The topological polar surface area (TPSA) is 41.9 Å². The Labute approximate surface area is 126 Å². The molecule has 1 aliphatic heterocycles. The number of rotatable bonds is 4. The summed E-state index contributed by atoms with van der Waals surface area (Å²) in [6, 6.07) is 8.58. The number of hydrogen-bond donors (Lipinski definition) is 1. The van der Waals surface area contributed by atoms with Gasteiger partial charge in [-0.25, -0.2) is 0 Å². The summed E-state index contributed by atoms with van der Waals surface area (Å²) in [5, 5.41) is 10.2. The van der Waals surface area contributed by atoms with Crippen molar-refractivity contribution in [2.24, 2.45) is 5.92 Å². The molecule has 3 unspecified atom stereocenters. The molecule has 1 N–H and O–H groups in total. The van der Waals surface area contributed by atoms with Gasteiger partial charge in [0.2, 0.25) is 0 Å². The van der Waals surface area contributed by atoms with E-state index in [4.69, 9.17) is 9.47 Å². The number of aliphatic hydroxyl groups is 1. The van der Waals surface area contributed by atoms with Crippen molar-refractivity contribution in [3.63, 3.8) is 0 Å².